The number of aliphatic imine (C=N–C) groups is 1. The van der Waals surface area contributed by atoms with Gasteiger partial charge in [0.25, 0.3) is 0 Å². The molecule has 1 saturated heterocycles. The van der Waals surface area contributed by atoms with Gasteiger partial charge in [-0.25, -0.2) is 0 Å². The van der Waals surface area contributed by atoms with Crippen LogP contribution in [0.15, 0.2) is 29.3 Å². The molecule has 0 radical (unpaired) electrons. The minimum absolute atomic E-state index is 0. The van der Waals surface area contributed by atoms with Gasteiger partial charge in [0, 0.05) is 43.1 Å². The van der Waals surface area contributed by atoms with E-state index in [4.69, 9.17) is 4.99 Å². The Bertz CT molecular complexity index is 621. The molecule has 0 aliphatic carbocycles. The van der Waals surface area contributed by atoms with E-state index >= 15 is 0 Å². The fourth-order valence-corrected chi connectivity index (χ4v) is 3.85. The summed E-state index contributed by atoms with van der Waals surface area (Å²) in [6, 6.07) is 9.00. The van der Waals surface area contributed by atoms with E-state index in [9.17, 15) is 4.79 Å². The zero-order valence-electron chi connectivity index (χ0n) is 17.5. The number of hydrogen-bond acceptors (Lipinski definition) is 3. The van der Waals surface area contributed by atoms with Gasteiger partial charge in [0.05, 0.1) is 6.54 Å². The largest absolute Gasteiger partial charge is 0.357 e. The molecule has 7 heteroatoms. The van der Waals surface area contributed by atoms with Crippen LogP contribution in [-0.4, -0.2) is 54.7 Å². The molecular weight excluding hydrogens is 483 g/mol. The van der Waals surface area contributed by atoms with Gasteiger partial charge in [-0.3, -0.25) is 9.79 Å². The highest BCUT2D eigenvalue weighted by molar-refractivity contribution is 14.0. The Kier molecular flexibility index (Phi) is 11.9. The van der Waals surface area contributed by atoms with Crippen LogP contribution in [0, 0.1) is 12.8 Å². The molecule has 1 atom stereocenters. The van der Waals surface area contributed by atoms with E-state index in [1.54, 1.807) is 0 Å². The Hall–Kier alpha value is -0.960. The molecule has 2 rings (SSSR count). The van der Waals surface area contributed by atoms with Crippen LogP contribution in [0.2, 0.25) is 0 Å². The van der Waals surface area contributed by atoms with Crippen molar-refractivity contribution in [2.45, 2.75) is 45.9 Å². The normalized spacial score (nSPS) is 16.8. The number of nitrogens with one attached hydrogen (secondary N) is 2. The minimum atomic E-state index is 0. The third-order valence-corrected chi connectivity index (χ3v) is 5.58. The molecule has 158 valence electrons. The molecular formula is C21H35IN4OS. The number of carbonyl (C=O) groups excluding carboxylic acids is 1. The van der Waals surface area contributed by atoms with Gasteiger partial charge in [-0.1, -0.05) is 43.7 Å². The first-order valence-electron chi connectivity index (χ1n) is 9.96. The van der Waals surface area contributed by atoms with Gasteiger partial charge in [0.15, 0.2) is 5.96 Å². The quantitative estimate of drug-likeness (QED) is 0.239. The summed E-state index contributed by atoms with van der Waals surface area (Å²) in [6.07, 6.45) is 0.977. The van der Waals surface area contributed by atoms with Crippen molar-refractivity contribution >= 4 is 47.6 Å². The molecule has 1 aromatic rings. The molecule has 0 bridgehead atoms. The standard InChI is InChI=1S/C21H34N4OS.HI/c1-5-22-21(24-19-10-12-25(14-19)20(26)16(2)3)23-11-13-27-15-18-8-6-17(4)7-9-18;/h6-9,16,19H,5,10-15H2,1-4H3,(H2,22,23,24);1H. The maximum atomic E-state index is 12.1. The summed E-state index contributed by atoms with van der Waals surface area (Å²) in [4.78, 5) is 18.8. The first-order chi connectivity index (χ1) is 13.0. The van der Waals surface area contributed by atoms with E-state index < -0.39 is 0 Å². The highest BCUT2D eigenvalue weighted by Crippen LogP contribution is 2.14. The first-order valence-corrected chi connectivity index (χ1v) is 11.1. The second-order valence-corrected chi connectivity index (χ2v) is 8.47. The number of hydrogen-bond donors (Lipinski definition) is 2. The van der Waals surface area contributed by atoms with Crippen LogP contribution in [0.4, 0.5) is 0 Å². The molecule has 0 spiro atoms. The maximum absolute atomic E-state index is 12.1. The molecule has 1 aromatic carbocycles. The topological polar surface area (TPSA) is 56.7 Å². The zero-order chi connectivity index (χ0) is 19.6. The summed E-state index contributed by atoms with van der Waals surface area (Å²) in [6.45, 7) is 11.3. The highest BCUT2D eigenvalue weighted by Gasteiger charge is 2.27. The Labute approximate surface area is 191 Å². The number of aryl methyl sites for hydroxylation is 1. The van der Waals surface area contributed by atoms with Gasteiger partial charge >= 0.3 is 0 Å². The molecule has 0 aromatic heterocycles. The van der Waals surface area contributed by atoms with Gasteiger partial charge < -0.3 is 15.5 Å². The van der Waals surface area contributed by atoms with Crippen molar-refractivity contribution in [1.29, 1.82) is 0 Å². The number of halogens is 1. The third kappa shape index (κ3) is 8.59. The van der Waals surface area contributed by atoms with Crippen LogP contribution in [0.5, 0.6) is 0 Å². The summed E-state index contributed by atoms with van der Waals surface area (Å²) < 4.78 is 0. The van der Waals surface area contributed by atoms with E-state index in [0.717, 1.165) is 50.1 Å². The zero-order valence-corrected chi connectivity index (χ0v) is 20.7. The molecule has 1 fully saturated rings. The monoisotopic (exact) mass is 518 g/mol. The lowest BCUT2D eigenvalue weighted by atomic mass is 10.2. The highest BCUT2D eigenvalue weighted by atomic mass is 127. The summed E-state index contributed by atoms with van der Waals surface area (Å²) in [5, 5.41) is 6.81. The van der Waals surface area contributed by atoms with Crippen molar-refractivity contribution in [3.8, 4) is 0 Å². The molecule has 2 N–H and O–H groups in total. The molecule has 1 aliphatic heterocycles. The van der Waals surface area contributed by atoms with Gasteiger partial charge in [0.2, 0.25) is 5.91 Å². The minimum Gasteiger partial charge on any atom is -0.357 e. The maximum Gasteiger partial charge on any atom is 0.225 e. The van der Waals surface area contributed by atoms with Crippen molar-refractivity contribution in [3.63, 3.8) is 0 Å². The molecule has 1 amide bonds. The summed E-state index contributed by atoms with van der Waals surface area (Å²) in [5.41, 5.74) is 2.66. The van der Waals surface area contributed by atoms with E-state index in [1.807, 2.05) is 30.5 Å². The number of likely N-dealkylation sites (tertiary alicyclic amines) is 1. The van der Waals surface area contributed by atoms with Crippen molar-refractivity contribution in [3.05, 3.63) is 35.4 Å². The third-order valence-electron chi connectivity index (χ3n) is 4.57. The second-order valence-electron chi connectivity index (χ2n) is 7.37. The Morgan fingerprint density at radius 1 is 1.32 bits per heavy atom. The smallest absolute Gasteiger partial charge is 0.225 e. The average molecular weight is 519 g/mol. The second kappa shape index (κ2) is 13.3. The molecule has 0 saturated carbocycles. The van der Waals surface area contributed by atoms with Crippen molar-refractivity contribution in [2.75, 3.05) is 31.9 Å². The fourth-order valence-electron chi connectivity index (χ4n) is 3.05. The SMILES string of the molecule is CCNC(=NCCSCc1ccc(C)cc1)NC1CCN(C(=O)C(C)C)C1.I. The van der Waals surface area contributed by atoms with Gasteiger partial charge in [-0.15, -0.1) is 24.0 Å². The number of thioether (sulfide) groups is 1. The number of benzene rings is 1. The number of amides is 1. The molecule has 1 aliphatic rings. The van der Waals surface area contributed by atoms with Crippen molar-refractivity contribution < 1.29 is 4.79 Å². The predicted molar refractivity (Wildman–Crippen MR) is 132 cm³/mol. The average Bonchev–Trinajstić information content (AvgIpc) is 3.10. The number of rotatable bonds is 8. The van der Waals surface area contributed by atoms with Crippen LogP contribution >= 0.6 is 35.7 Å². The lowest BCUT2D eigenvalue weighted by Gasteiger charge is -2.20. The van der Waals surface area contributed by atoms with Crippen molar-refractivity contribution in [2.24, 2.45) is 10.9 Å². The van der Waals surface area contributed by atoms with Gasteiger partial charge in [-0.05, 0) is 25.8 Å². The Balaban J connectivity index is 0.00000392. The lowest BCUT2D eigenvalue weighted by molar-refractivity contribution is -0.133. The molecule has 28 heavy (non-hydrogen) atoms. The van der Waals surface area contributed by atoms with Gasteiger partial charge in [0.1, 0.15) is 0 Å². The van der Waals surface area contributed by atoms with Crippen LogP contribution in [0.1, 0.15) is 38.3 Å². The fraction of sp³-hybridized carbons (Fsp3) is 0.619. The first kappa shape index (κ1) is 25.1. The number of guanidine groups is 1. The molecule has 1 unspecified atom stereocenters. The van der Waals surface area contributed by atoms with Crippen LogP contribution in [0.3, 0.4) is 0 Å². The van der Waals surface area contributed by atoms with Gasteiger partial charge in [-0.2, -0.15) is 11.8 Å². The predicted octanol–water partition coefficient (Wildman–Crippen LogP) is 3.66. The molecule has 5 nitrogen and oxygen atoms in total. The van der Waals surface area contributed by atoms with Crippen molar-refractivity contribution in [1.82, 2.24) is 15.5 Å². The summed E-state index contributed by atoms with van der Waals surface area (Å²) in [5.74, 6) is 3.18. The Morgan fingerprint density at radius 2 is 2.04 bits per heavy atom. The Morgan fingerprint density at radius 3 is 2.68 bits per heavy atom. The van der Waals surface area contributed by atoms with E-state index in [0.29, 0.717) is 0 Å². The molecule has 1 heterocycles. The van der Waals surface area contributed by atoms with E-state index in [-0.39, 0.29) is 41.8 Å². The van der Waals surface area contributed by atoms with Crippen LogP contribution in [-0.2, 0) is 10.5 Å². The summed E-state index contributed by atoms with van der Waals surface area (Å²) in [7, 11) is 0. The summed E-state index contributed by atoms with van der Waals surface area (Å²) >= 11 is 1.91. The number of carbonyl (C=O) groups is 1. The van der Waals surface area contributed by atoms with E-state index in [1.165, 1.54) is 11.1 Å². The van der Waals surface area contributed by atoms with E-state index in [2.05, 4.69) is 48.7 Å². The lowest BCUT2D eigenvalue weighted by Crippen LogP contribution is -2.45. The van der Waals surface area contributed by atoms with Crippen LogP contribution in [0.25, 0.3) is 0 Å². The number of nitrogens with zero attached hydrogens (tertiary/aromatic N) is 2. The van der Waals surface area contributed by atoms with Crippen LogP contribution < -0.4 is 10.6 Å².